The zero-order chi connectivity index (χ0) is 14.1. The lowest BCUT2D eigenvalue weighted by molar-refractivity contribution is 0.0979. The Morgan fingerprint density at radius 2 is 2.00 bits per heavy atom. The first-order chi connectivity index (χ1) is 9.70. The molecule has 102 valence electrons. The average molecular weight is 286 g/mol. The van der Waals surface area contributed by atoms with Crippen LogP contribution in [0.15, 0.2) is 47.6 Å². The van der Waals surface area contributed by atoms with Crippen LogP contribution in [0, 0.1) is 0 Å². The number of aromatic nitrogens is 1. The number of fused-ring (bicyclic) bond motifs is 1. The van der Waals surface area contributed by atoms with Gasteiger partial charge in [-0.2, -0.15) is 0 Å². The number of nitrogens with zero attached hydrogens (tertiary/aromatic N) is 2. The quantitative estimate of drug-likeness (QED) is 0.850. The van der Waals surface area contributed by atoms with Gasteiger partial charge in [-0.3, -0.25) is 9.69 Å². The molecule has 20 heavy (non-hydrogen) atoms. The summed E-state index contributed by atoms with van der Waals surface area (Å²) in [7, 11) is 1.63. The molecule has 1 amide bonds. The fourth-order valence-electron chi connectivity index (χ4n) is 2.23. The van der Waals surface area contributed by atoms with Crippen LogP contribution in [0.2, 0.25) is 0 Å². The number of rotatable bonds is 2. The van der Waals surface area contributed by atoms with E-state index in [0.717, 1.165) is 16.5 Å². The van der Waals surface area contributed by atoms with Crippen LogP contribution in [0.25, 0.3) is 0 Å². The molecule has 4 nitrogen and oxygen atoms in total. The van der Waals surface area contributed by atoms with Crippen LogP contribution < -0.4 is 9.64 Å². The van der Waals surface area contributed by atoms with E-state index in [1.165, 1.54) is 0 Å². The second-order valence-corrected chi connectivity index (χ2v) is 5.75. The highest BCUT2D eigenvalue weighted by molar-refractivity contribution is 8.00. The van der Waals surface area contributed by atoms with Crippen molar-refractivity contribution in [1.82, 2.24) is 4.98 Å². The molecule has 1 aromatic heterocycles. The van der Waals surface area contributed by atoms with Crippen LogP contribution in [0.5, 0.6) is 5.75 Å². The third kappa shape index (κ3) is 2.14. The molecular weight excluding hydrogens is 272 g/mol. The van der Waals surface area contributed by atoms with Crippen LogP contribution in [-0.2, 0) is 0 Å². The molecule has 1 unspecified atom stereocenters. The number of carbonyl (C=O) groups excluding carboxylic acids is 1. The number of thioether (sulfide) groups is 1. The second-order valence-electron chi connectivity index (χ2n) is 4.45. The highest BCUT2D eigenvalue weighted by atomic mass is 32.2. The summed E-state index contributed by atoms with van der Waals surface area (Å²) in [6.45, 7) is 2.00. The highest BCUT2D eigenvalue weighted by Gasteiger charge is 2.32. The smallest absolute Gasteiger partial charge is 0.261 e. The SMILES string of the molecule is COc1ccc(N2C(=O)c3cccnc3SC2C)cc1. The minimum Gasteiger partial charge on any atom is -0.497 e. The molecule has 0 aliphatic carbocycles. The summed E-state index contributed by atoms with van der Waals surface area (Å²) in [5.41, 5.74) is 1.52. The normalized spacial score (nSPS) is 17.8. The van der Waals surface area contributed by atoms with Crippen LogP contribution in [0.4, 0.5) is 5.69 Å². The molecule has 0 spiro atoms. The van der Waals surface area contributed by atoms with Gasteiger partial charge in [-0.05, 0) is 43.3 Å². The van der Waals surface area contributed by atoms with Gasteiger partial charge in [0.25, 0.3) is 5.91 Å². The lowest BCUT2D eigenvalue weighted by atomic mass is 10.2. The van der Waals surface area contributed by atoms with Crippen molar-refractivity contribution in [2.24, 2.45) is 0 Å². The second kappa shape index (κ2) is 5.17. The Bertz CT molecular complexity index is 643. The third-order valence-corrected chi connectivity index (χ3v) is 4.32. The average Bonchev–Trinajstić information content (AvgIpc) is 2.48. The lowest BCUT2D eigenvalue weighted by Gasteiger charge is -2.33. The van der Waals surface area contributed by atoms with E-state index in [0.29, 0.717) is 5.56 Å². The summed E-state index contributed by atoms with van der Waals surface area (Å²) in [5, 5.41) is 0.813. The third-order valence-electron chi connectivity index (χ3n) is 3.22. The van der Waals surface area contributed by atoms with Gasteiger partial charge in [0.2, 0.25) is 0 Å². The number of hydrogen-bond acceptors (Lipinski definition) is 4. The topological polar surface area (TPSA) is 42.4 Å². The van der Waals surface area contributed by atoms with Gasteiger partial charge in [-0.25, -0.2) is 4.98 Å². The molecule has 0 N–H and O–H groups in total. The molecule has 1 atom stereocenters. The summed E-state index contributed by atoms with van der Waals surface area (Å²) in [6, 6.07) is 11.1. The zero-order valence-corrected chi connectivity index (χ0v) is 12.1. The van der Waals surface area contributed by atoms with Crippen molar-refractivity contribution in [1.29, 1.82) is 0 Å². The molecule has 1 aliphatic rings. The number of pyridine rings is 1. The Kier molecular flexibility index (Phi) is 3.36. The number of hydrogen-bond donors (Lipinski definition) is 0. The van der Waals surface area contributed by atoms with Gasteiger partial charge >= 0.3 is 0 Å². The molecule has 2 aromatic rings. The van der Waals surface area contributed by atoms with Crippen molar-refractivity contribution in [3.05, 3.63) is 48.2 Å². The van der Waals surface area contributed by atoms with E-state index in [4.69, 9.17) is 4.74 Å². The number of ether oxygens (including phenoxy) is 1. The van der Waals surface area contributed by atoms with E-state index in [1.807, 2.05) is 37.3 Å². The van der Waals surface area contributed by atoms with Crippen LogP contribution in [-0.4, -0.2) is 23.4 Å². The van der Waals surface area contributed by atoms with Gasteiger partial charge in [0.15, 0.2) is 0 Å². The maximum Gasteiger partial charge on any atom is 0.261 e. The summed E-state index contributed by atoms with van der Waals surface area (Å²) >= 11 is 1.59. The van der Waals surface area contributed by atoms with Gasteiger partial charge in [-0.15, -0.1) is 0 Å². The largest absolute Gasteiger partial charge is 0.497 e. The number of carbonyl (C=O) groups is 1. The van der Waals surface area contributed by atoms with Crippen LogP contribution in [0.1, 0.15) is 17.3 Å². The van der Waals surface area contributed by atoms with Crippen molar-refractivity contribution in [3.8, 4) is 5.75 Å². The van der Waals surface area contributed by atoms with Gasteiger partial charge < -0.3 is 4.74 Å². The fourth-order valence-corrected chi connectivity index (χ4v) is 3.28. The van der Waals surface area contributed by atoms with E-state index in [2.05, 4.69) is 4.98 Å². The Balaban J connectivity index is 1.99. The first-order valence-electron chi connectivity index (χ1n) is 6.30. The Hall–Kier alpha value is -2.01. The predicted molar refractivity (Wildman–Crippen MR) is 79.4 cm³/mol. The molecule has 0 fully saturated rings. The fraction of sp³-hybridized carbons (Fsp3) is 0.200. The number of amides is 1. The minimum absolute atomic E-state index is 0.00971. The minimum atomic E-state index is -0.00971. The van der Waals surface area contributed by atoms with Crippen molar-refractivity contribution in [3.63, 3.8) is 0 Å². The molecule has 0 radical (unpaired) electrons. The Labute approximate surface area is 121 Å². The molecule has 0 bridgehead atoms. The highest BCUT2D eigenvalue weighted by Crippen LogP contribution is 2.36. The van der Waals surface area contributed by atoms with Gasteiger partial charge in [0.1, 0.15) is 10.8 Å². The molecule has 1 aliphatic heterocycles. The number of methoxy groups -OCH3 is 1. The Morgan fingerprint density at radius 1 is 1.25 bits per heavy atom. The number of anilines is 1. The van der Waals surface area contributed by atoms with E-state index in [-0.39, 0.29) is 11.3 Å². The standard InChI is InChI=1S/C15H14N2O2S/c1-10-17(11-5-7-12(19-2)8-6-11)15(18)13-4-3-9-16-14(13)20-10/h3-10H,1-2H3. The van der Waals surface area contributed by atoms with E-state index < -0.39 is 0 Å². The maximum absolute atomic E-state index is 12.6. The van der Waals surface area contributed by atoms with Gasteiger partial charge in [-0.1, -0.05) is 11.8 Å². The van der Waals surface area contributed by atoms with E-state index in [1.54, 1.807) is 36.0 Å². The van der Waals surface area contributed by atoms with Crippen LogP contribution >= 0.6 is 11.8 Å². The monoisotopic (exact) mass is 286 g/mol. The zero-order valence-electron chi connectivity index (χ0n) is 11.2. The molecule has 5 heteroatoms. The van der Waals surface area contributed by atoms with Crippen molar-refractivity contribution < 1.29 is 9.53 Å². The maximum atomic E-state index is 12.6. The van der Waals surface area contributed by atoms with Crippen LogP contribution in [0.3, 0.4) is 0 Å². The van der Waals surface area contributed by atoms with E-state index in [9.17, 15) is 4.79 Å². The molecule has 1 aromatic carbocycles. The molecule has 0 saturated carbocycles. The summed E-state index contributed by atoms with van der Waals surface area (Å²) in [6.07, 6.45) is 1.72. The molecular formula is C15H14N2O2S. The van der Waals surface area contributed by atoms with Crippen molar-refractivity contribution in [2.75, 3.05) is 12.0 Å². The molecule has 0 saturated heterocycles. The summed E-state index contributed by atoms with van der Waals surface area (Å²) < 4.78 is 5.15. The lowest BCUT2D eigenvalue weighted by Crippen LogP contribution is -2.40. The molecule has 3 rings (SSSR count). The summed E-state index contributed by atoms with van der Waals surface area (Å²) in [5.74, 6) is 0.769. The first-order valence-corrected chi connectivity index (χ1v) is 7.18. The van der Waals surface area contributed by atoms with E-state index >= 15 is 0 Å². The molecule has 2 heterocycles. The van der Waals surface area contributed by atoms with Crippen molar-refractivity contribution >= 4 is 23.4 Å². The van der Waals surface area contributed by atoms with Gasteiger partial charge in [0, 0.05) is 11.9 Å². The van der Waals surface area contributed by atoms with Crippen molar-refractivity contribution in [2.45, 2.75) is 17.3 Å². The first kappa shape index (κ1) is 13.0. The number of benzene rings is 1. The Morgan fingerprint density at radius 3 is 2.70 bits per heavy atom. The summed E-state index contributed by atoms with van der Waals surface area (Å²) in [4.78, 5) is 18.7. The predicted octanol–water partition coefficient (Wildman–Crippen LogP) is 3.19. The van der Waals surface area contributed by atoms with Gasteiger partial charge in [0.05, 0.1) is 18.0 Å².